The SMILES string of the molecule is CCc1ccc(NC(=O)N2CCC[C@@H](c3cccc(C(=O)NCCOC)c3)C2)cc1. The Labute approximate surface area is 178 Å². The van der Waals surface area contributed by atoms with Gasteiger partial charge in [0, 0.05) is 43.9 Å². The second-order valence-corrected chi connectivity index (χ2v) is 7.64. The fourth-order valence-electron chi connectivity index (χ4n) is 3.76. The highest BCUT2D eigenvalue weighted by Gasteiger charge is 2.25. The molecule has 6 heteroatoms. The molecule has 30 heavy (non-hydrogen) atoms. The summed E-state index contributed by atoms with van der Waals surface area (Å²) in [6.45, 7) is 4.47. The number of aryl methyl sites for hydroxylation is 1. The minimum absolute atomic E-state index is 0.0718. The molecule has 1 aliphatic rings. The summed E-state index contributed by atoms with van der Waals surface area (Å²) in [5.74, 6) is 0.119. The molecule has 0 spiro atoms. The number of benzene rings is 2. The van der Waals surface area contributed by atoms with Gasteiger partial charge in [-0.25, -0.2) is 4.79 Å². The lowest BCUT2D eigenvalue weighted by Gasteiger charge is -2.33. The van der Waals surface area contributed by atoms with Crippen molar-refractivity contribution in [3.05, 3.63) is 65.2 Å². The summed E-state index contributed by atoms with van der Waals surface area (Å²) in [6, 6.07) is 15.6. The van der Waals surface area contributed by atoms with Crippen LogP contribution in [0, 0.1) is 0 Å². The molecule has 6 nitrogen and oxygen atoms in total. The molecule has 1 atom stereocenters. The van der Waals surface area contributed by atoms with Gasteiger partial charge in [0.2, 0.25) is 0 Å². The molecule has 0 saturated carbocycles. The van der Waals surface area contributed by atoms with Gasteiger partial charge >= 0.3 is 6.03 Å². The predicted octanol–water partition coefficient (Wildman–Crippen LogP) is 4.04. The van der Waals surface area contributed by atoms with Crippen molar-refractivity contribution in [3.8, 4) is 0 Å². The van der Waals surface area contributed by atoms with Crippen LogP contribution in [-0.2, 0) is 11.2 Å². The molecule has 2 N–H and O–H groups in total. The molecular weight excluding hydrogens is 378 g/mol. The minimum Gasteiger partial charge on any atom is -0.383 e. The molecule has 0 bridgehead atoms. The average Bonchev–Trinajstić information content (AvgIpc) is 2.80. The number of piperidine rings is 1. The Morgan fingerprint density at radius 3 is 2.70 bits per heavy atom. The van der Waals surface area contributed by atoms with Crippen LogP contribution in [0.15, 0.2) is 48.5 Å². The lowest BCUT2D eigenvalue weighted by molar-refractivity contribution is 0.0937. The Balaban J connectivity index is 1.61. The number of nitrogens with zero attached hydrogens (tertiary/aromatic N) is 1. The van der Waals surface area contributed by atoms with Crippen molar-refractivity contribution >= 4 is 17.6 Å². The highest BCUT2D eigenvalue weighted by Crippen LogP contribution is 2.28. The zero-order valence-electron chi connectivity index (χ0n) is 17.8. The monoisotopic (exact) mass is 409 g/mol. The van der Waals surface area contributed by atoms with Gasteiger partial charge < -0.3 is 20.3 Å². The van der Waals surface area contributed by atoms with Gasteiger partial charge in [-0.05, 0) is 54.7 Å². The largest absolute Gasteiger partial charge is 0.383 e. The molecule has 3 amide bonds. The van der Waals surface area contributed by atoms with Gasteiger partial charge in [0.15, 0.2) is 0 Å². The third-order valence-electron chi connectivity index (χ3n) is 5.53. The Morgan fingerprint density at radius 2 is 1.97 bits per heavy atom. The van der Waals surface area contributed by atoms with Crippen LogP contribution in [0.4, 0.5) is 10.5 Å². The maximum Gasteiger partial charge on any atom is 0.321 e. The van der Waals surface area contributed by atoms with E-state index in [0.717, 1.165) is 37.1 Å². The van der Waals surface area contributed by atoms with Gasteiger partial charge in [-0.1, -0.05) is 31.2 Å². The number of ether oxygens (including phenoxy) is 1. The third-order valence-corrected chi connectivity index (χ3v) is 5.53. The maximum absolute atomic E-state index is 12.8. The van der Waals surface area contributed by atoms with E-state index in [9.17, 15) is 9.59 Å². The number of likely N-dealkylation sites (tertiary alicyclic amines) is 1. The van der Waals surface area contributed by atoms with Gasteiger partial charge in [-0.2, -0.15) is 0 Å². The van der Waals surface area contributed by atoms with Crippen LogP contribution in [0.25, 0.3) is 0 Å². The molecule has 0 unspecified atom stereocenters. The minimum atomic E-state index is -0.102. The normalized spacial score (nSPS) is 16.2. The first-order valence-corrected chi connectivity index (χ1v) is 10.6. The van der Waals surface area contributed by atoms with Crippen molar-refractivity contribution in [2.75, 3.05) is 38.7 Å². The van der Waals surface area contributed by atoms with Crippen molar-refractivity contribution in [1.29, 1.82) is 0 Å². The van der Waals surface area contributed by atoms with Gasteiger partial charge in [0.05, 0.1) is 6.61 Å². The molecule has 0 aromatic heterocycles. The Kier molecular flexibility index (Phi) is 7.85. The highest BCUT2D eigenvalue weighted by atomic mass is 16.5. The average molecular weight is 410 g/mol. The summed E-state index contributed by atoms with van der Waals surface area (Å²) in [6.07, 6.45) is 2.92. The fourth-order valence-corrected chi connectivity index (χ4v) is 3.76. The highest BCUT2D eigenvalue weighted by molar-refractivity contribution is 5.94. The zero-order valence-corrected chi connectivity index (χ0v) is 17.8. The number of hydrogen-bond acceptors (Lipinski definition) is 3. The smallest absolute Gasteiger partial charge is 0.321 e. The van der Waals surface area contributed by atoms with Crippen LogP contribution in [-0.4, -0.2) is 50.2 Å². The van der Waals surface area contributed by atoms with Crippen molar-refractivity contribution < 1.29 is 14.3 Å². The molecule has 2 aromatic carbocycles. The summed E-state index contributed by atoms with van der Waals surface area (Å²) in [4.78, 5) is 27.0. The predicted molar refractivity (Wildman–Crippen MR) is 119 cm³/mol. The number of anilines is 1. The van der Waals surface area contributed by atoms with E-state index in [1.807, 2.05) is 53.4 Å². The van der Waals surface area contributed by atoms with Crippen LogP contribution in [0.5, 0.6) is 0 Å². The van der Waals surface area contributed by atoms with E-state index in [4.69, 9.17) is 4.74 Å². The summed E-state index contributed by atoms with van der Waals surface area (Å²) < 4.78 is 4.98. The number of hydrogen-bond donors (Lipinski definition) is 2. The molecule has 0 aliphatic carbocycles. The second kappa shape index (κ2) is 10.8. The van der Waals surface area contributed by atoms with Crippen LogP contribution < -0.4 is 10.6 Å². The van der Waals surface area contributed by atoms with Crippen molar-refractivity contribution in [2.24, 2.45) is 0 Å². The molecule has 1 fully saturated rings. The molecular formula is C24H31N3O3. The fraction of sp³-hybridized carbons (Fsp3) is 0.417. The number of nitrogens with one attached hydrogen (secondary N) is 2. The molecule has 3 rings (SSSR count). The van der Waals surface area contributed by atoms with Crippen molar-refractivity contribution in [2.45, 2.75) is 32.1 Å². The summed E-state index contributed by atoms with van der Waals surface area (Å²) in [5.41, 5.74) is 3.80. The molecule has 2 aromatic rings. The number of carbonyl (C=O) groups excluding carboxylic acids is 2. The molecule has 1 heterocycles. The first kappa shape index (κ1) is 21.8. The van der Waals surface area contributed by atoms with Crippen LogP contribution >= 0.6 is 0 Å². The molecule has 160 valence electrons. The zero-order chi connectivity index (χ0) is 21.3. The molecule has 1 saturated heterocycles. The third kappa shape index (κ3) is 5.83. The molecule has 0 radical (unpaired) electrons. The van der Waals surface area contributed by atoms with E-state index in [0.29, 0.717) is 25.3 Å². The van der Waals surface area contributed by atoms with Gasteiger partial charge in [-0.3, -0.25) is 4.79 Å². The van der Waals surface area contributed by atoms with Crippen LogP contribution in [0.1, 0.15) is 47.2 Å². The number of urea groups is 1. The van der Waals surface area contributed by atoms with E-state index in [1.165, 1.54) is 5.56 Å². The summed E-state index contributed by atoms with van der Waals surface area (Å²) >= 11 is 0. The quantitative estimate of drug-likeness (QED) is 0.678. The van der Waals surface area contributed by atoms with Gasteiger partial charge in [0.25, 0.3) is 5.91 Å². The standard InChI is InChI=1S/C24H31N3O3/c1-3-18-9-11-22(12-10-18)26-24(29)27-14-5-8-21(17-27)19-6-4-7-20(16-19)23(28)25-13-15-30-2/h4,6-7,9-12,16,21H,3,5,8,13-15,17H2,1-2H3,(H,25,28)(H,26,29)/t21-/m1/s1. The molecule has 1 aliphatic heterocycles. The van der Waals surface area contributed by atoms with Crippen molar-refractivity contribution in [3.63, 3.8) is 0 Å². The maximum atomic E-state index is 12.8. The number of rotatable bonds is 7. The summed E-state index contributed by atoms with van der Waals surface area (Å²) in [7, 11) is 1.61. The second-order valence-electron chi connectivity index (χ2n) is 7.64. The van der Waals surface area contributed by atoms with E-state index in [2.05, 4.69) is 17.6 Å². The first-order valence-electron chi connectivity index (χ1n) is 10.6. The Hall–Kier alpha value is -2.86. The number of amides is 3. The number of carbonyl (C=O) groups is 2. The van der Waals surface area contributed by atoms with Crippen molar-refractivity contribution in [1.82, 2.24) is 10.2 Å². The Morgan fingerprint density at radius 1 is 1.17 bits per heavy atom. The van der Waals surface area contributed by atoms with E-state index < -0.39 is 0 Å². The Bertz CT molecular complexity index is 851. The van der Waals surface area contributed by atoms with E-state index in [1.54, 1.807) is 7.11 Å². The lowest BCUT2D eigenvalue weighted by atomic mass is 9.89. The summed E-state index contributed by atoms with van der Waals surface area (Å²) in [5, 5.41) is 5.86. The van der Waals surface area contributed by atoms with Crippen LogP contribution in [0.3, 0.4) is 0 Å². The van der Waals surface area contributed by atoms with Gasteiger partial charge in [0.1, 0.15) is 0 Å². The van der Waals surface area contributed by atoms with E-state index in [-0.39, 0.29) is 17.9 Å². The lowest BCUT2D eigenvalue weighted by Crippen LogP contribution is -2.41. The topological polar surface area (TPSA) is 70.7 Å². The van der Waals surface area contributed by atoms with Gasteiger partial charge in [-0.15, -0.1) is 0 Å². The van der Waals surface area contributed by atoms with E-state index >= 15 is 0 Å². The first-order chi connectivity index (χ1) is 14.6. The number of methoxy groups -OCH3 is 1. The van der Waals surface area contributed by atoms with Crippen LogP contribution in [0.2, 0.25) is 0 Å².